The van der Waals surface area contributed by atoms with Gasteiger partial charge in [0.05, 0.1) is 11.8 Å². The molecular weight excluding hydrogens is 330 g/mol. The molecule has 1 N–H and O–H groups in total. The maximum absolute atomic E-state index is 12.8. The van der Waals surface area contributed by atoms with Crippen molar-refractivity contribution in [2.45, 2.75) is 6.54 Å². The molecule has 128 valence electrons. The van der Waals surface area contributed by atoms with Crippen molar-refractivity contribution in [3.8, 4) is 11.6 Å². The highest BCUT2D eigenvalue weighted by Gasteiger charge is 2.19. The van der Waals surface area contributed by atoms with Crippen molar-refractivity contribution in [2.24, 2.45) is 0 Å². The molecule has 0 amide bonds. The quantitative estimate of drug-likeness (QED) is 0.598. The topological polar surface area (TPSA) is 85.8 Å². The number of pyridine rings is 1. The largest absolute Gasteiger partial charge is 0.461 e. The van der Waals surface area contributed by atoms with Gasteiger partial charge in [-0.25, -0.2) is 0 Å². The fraction of sp³-hybridized carbons (Fsp3) is 0.0526. The summed E-state index contributed by atoms with van der Waals surface area (Å²) < 4.78 is 6.58. The third-order valence-corrected chi connectivity index (χ3v) is 3.74. The number of nitrogens with zero attached hydrogens (tertiary/aromatic N) is 4. The highest BCUT2D eigenvalue weighted by atomic mass is 16.3. The van der Waals surface area contributed by atoms with E-state index >= 15 is 0 Å². The zero-order valence-corrected chi connectivity index (χ0v) is 13.7. The second-order valence-corrected chi connectivity index (χ2v) is 5.53. The van der Waals surface area contributed by atoms with E-state index in [1.54, 1.807) is 30.5 Å². The second-order valence-electron chi connectivity index (χ2n) is 5.53. The van der Waals surface area contributed by atoms with E-state index in [0.717, 1.165) is 5.56 Å². The lowest BCUT2D eigenvalue weighted by atomic mass is 10.2. The van der Waals surface area contributed by atoms with E-state index in [2.05, 4.69) is 20.4 Å². The van der Waals surface area contributed by atoms with Crippen molar-refractivity contribution in [1.29, 1.82) is 0 Å². The fourth-order valence-corrected chi connectivity index (χ4v) is 2.47. The lowest BCUT2D eigenvalue weighted by molar-refractivity contribution is 0.0947. The number of hydrogen-bond donors (Lipinski definition) is 1. The lowest BCUT2D eigenvalue weighted by Crippen LogP contribution is -2.17. The van der Waals surface area contributed by atoms with Crippen LogP contribution in [0.2, 0.25) is 0 Å². The van der Waals surface area contributed by atoms with Crippen molar-refractivity contribution >= 4 is 11.9 Å². The summed E-state index contributed by atoms with van der Waals surface area (Å²) in [4.78, 5) is 21.2. The van der Waals surface area contributed by atoms with E-state index in [1.807, 2.05) is 30.3 Å². The van der Waals surface area contributed by atoms with Gasteiger partial charge in [0.25, 0.3) is 5.91 Å². The SMILES string of the molecule is O=C(c1cccnc1)n1nc(-c2ccco2)nc1NCc1ccccc1. The molecule has 0 saturated carbocycles. The zero-order chi connectivity index (χ0) is 17.8. The van der Waals surface area contributed by atoms with Crippen LogP contribution in [0.4, 0.5) is 5.95 Å². The molecule has 3 heterocycles. The van der Waals surface area contributed by atoms with Crippen molar-refractivity contribution in [3.05, 3.63) is 84.4 Å². The van der Waals surface area contributed by atoms with Gasteiger partial charge in [-0.05, 0) is 29.8 Å². The van der Waals surface area contributed by atoms with Crippen LogP contribution >= 0.6 is 0 Å². The average Bonchev–Trinajstić information content (AvgIpc) is 3.37. The Morgan fingerprint density at radius 1 is 1.08 bits per heavy atom. The first-order valence-electron chi connectivity index (χ1n) is 8.05. The number of nitrogens with one attached hydrogen (secondary N) is 1. The van der Waals surface area contributed by atoms with E-state index in [1.165, 1.54) is 17.1 Å². The molecule has 0 unspecified atom stereocenters. The molecule has 0 atom stereocenters. The summed E-state index contributed by atoms with van der Waals surface area (Å²) in [6, 6.07) is 16.7. The maximum atomic E-state index is 12.8. The van der Waals surface area contributed by atoms with Gasteiger partial charge in [-0.3, -0.25) is 9.78 Å². The first kappa shape index (κ1) is 15.8. The van der Waals surface area contributed by atoms with Crippen molar-refractivity contribution < 1.29 is 9.21 Å². The highest BCUT2D eigenvalue weighted by molar-refractivity contribution is 5.96. The van der Waals surface area contributed by atoms with Crippen LogP contribution in [0.3, 0.4) is 0 Å². The Morgan fingerprint density at radius 3 is 2.69 bits per heavy atom. The Hall–Kier alpha value is -3.74. The molecule has 0 spiro atoms. The Bertz CT molecular complexity index is 995. The van der Waals surface area contributed by atoms with Gasteiger partial charge in [-0.1, -0.05) is 30.3 Å². The summed E-state index contributed by atoms with van der Waals surface area (Å²) >= 11 is 0. The van der Waals surface area contributed by atoms with E-state index in [-0.39, 0.29) is 5.91 Å². The predicted octanol–water partition coefficient (Wildman–Crippen LogP) is 3.23. The minimum atomic E-state index is -0.320. The van der Waals surface area contributed by atoms with Crippen LogP contribution in [0.25, 0.3) is 11.6 Å². The summed E-state index contributed by atoms with van der Waals surface area (Å²) in [5.74, 6) is 0.848. The van der Waals surface area contributed by atoms with E-state index < -0.39 is 0 Å². The molecule has 0 bridgehead atoms. The smallest absolute Gasteiger partial charge is 0.282 e. The first-order chi connectivity index (χ1) is 12.8. The molecule has 4 aromatic rings. The van der Waals surface area contributed by atoms with Gasteiger partial charge < -0.3 is 9.73 Å². The van der Waals surface area contributed by atoms with Crippen LogP contribution in [-0.4, -0.2) is 25.7 Å². The maximum Gasteiger partial charge on any atom is 0.282 e. The van der Waals surface area contributed by atoms with Crippen LogP contribution in [0.1, 0.15) is 15.9 Å². The van der Waals surface area contributed by atoms with Gasteiger partial charge in [0.2, 0.25) is 11.8 Å². The molecule has 4 rings (SSSR count). The van der Waals surface area contributed by atoms with Crippen LogP contribution in [0, 0.1) is 0 Å². The number of carbonyl (C=O) groups excluding carboxylic acids is 1. The number of carbonyl (C=O) groups is 1. The van der Waals surface area contributed by atoms with Gasteiger partial charge in [-0.15, -0.1) is 5.10 Å². The number of aromatic nitrogens is 4. The molecule has 3 aromatic heterocycles. The molecule has 0 radical (unpaired) electrons. The third-order valence-electron chi connectivity index (χ3n) is 3.74. The minimum absolute atomic E-state index is 0.320. The van der Waals surface area contributed by atoms with Crippen molar-refractivity contribution in [2.75, 3.05) is 5.32 Å². The number of anilines is 1. The second kappa shape index (κ2) is 7.02. The van der Waals surface area contributed by atoms with Gasteiger partial charge >= 0.3 is 0 Å². The Morgan fingerprint density at radius 2 is 1.96 bits per heavy atom. The molecule has 1 aromatic carbocycles. The highest BCUT2D eigenvalue weighted by Crippen LogP contribution is 2.19. The third kappa shape index (κ3) is 3.23. The van der Waals surface area contributed by atoms with Crippen molar-refractivity contribution in [1.82, 2.24) is 19.7 Å². The molecular formula is C19H15N5O2. The predicted molar refractivity (Wildman–Crippen MR) is 95.5 cm³/mol. The summed E-state index contributed by atoms with van der Waals surface area (Å²) in [6.07, 6.45) is 4.65. The number of furan rings is 1. The zero-order valence-electron chi connectivity index (χ0n) is 13.7. The number of benzene rings is 1. The van der Waals surface area contributed by atoms with Gasteiger partial charge in [0.1, 0.15) is 0 Å². The summed E-state index contributed by atoms with van der Waals surface area (Å²) in [7, 11) is 0. The normalized spacial score (nSPS) is 10.6. The molecule has 0 aliphatic rings. The molecule has 0 aliphatic heterocycles. The van der Waals surface area contributed by atoms with Crippen molar-refractivity contribution in [3.63, 3.8) is 0 Å². The van der Waals surface area contributed by atoms with Gasteiger partial charge in [0.15, 0.2) is 5.76 Å². The molecule has 7 heteroatoms. The van der Waals surface area contributed by atoms with Gasteiger partial charge in [0, 0.05) is 18.9 Å². The van der Waals surface area contributed by atoms with Gasteiger partial charge in [-0.2, -0.15) is 9.67 Å². The minimum Gasteiger partial charge on any atom is -0.461 e. The standard InChI is InChI=1S/C19H15N5O2/c25-18(15-8-4-10-20-13-15)24-19(21-12-14-6-2-1-3-7-14)22-17(23-24)16-9-5-11-26-16/h1-11,13H,12H2,(H,21,22,23). The number of rotatable bonds is 5. The van der Waals surface area contributed by atoms with E-state index in [9.17, 15) is 4.79 Å². The summed E-state index contributed by atoms with van der Waals surface area (Å²) in [6.45, 7) is 0.511. The van der Waals surface area contributed by atoms with Crippen LogP contribution in [0.5, 0.6) is 0 Å². The molecule has 0 saturated heterocycles. The van der Waals surface area contributed by atoms with Crippen LogP contribution < -0.4 is 5.32 Å². The Labute approximate surface area is 149 Å². The average molecular weight is 345 g/mol. The molecule has 7 nitrogen and oxygen atoms in total. The van der Waals surface area contributed by atoms with E-state index in [4.69, 9.17) is 4.42 Å². The monoisotopic (exact) mass is 345 g/mol. The molecule has 26 heavy (non-hydrogen) atoms. The van der Waals surface area contributed by atoms with Crippen LogP contribution in [-0.2, 0) is 6.54 Å². The first-order valence-corrected chi connectivity index (χ1v) is 8.05. The summed E-state index contributed by atoms with van der Waals surface area (Å²) in [5, 5.41) is 7.48. The van der Waals surface area contributed by atoms with Crippen LogP contribution in [0.15, 0.2) is 77.7 Å². The Kier molecular flexibility index (Phi) is 4.26. The Balaban J connectivity index is 1.67. The summed E-state index contributed by atoms with van der Waals surface area (Å²) in [5.41, 5.74) is 1.49. The number of hydrogen-bond acceptors (Lipinski definition) is 6. The molecule has 0 aliphatic carbocycles. The molecule has 0 fully saturated rings. The lowest BCUT2D eigenvalue weighted by Gasteiger charge is -2.07. The van der Waals surface area contributed by atoms with E-state index in [0.29, 0.717) is 29.6 Å². The fourth-order valence-electron chi connectivity index (χ4n) is 2.47.